The quantitative estimate of drug-likeness (QED) is 0.868. The van der Waals surface area contributed by atoms with Gasteiger partial charge in [0.25, 0.3) is 0 Å². The molecule has 24 heavy (non-hydrogen) atoms. The van der Waals surface area contributed by atoms with Gasteiger partial charge in [-0.15, -0.1) is 11.3 Å². The number of rotatable bonds is 4. The summed E-state index contributed by atoms with van der Waals surface area (Å²) in [5.41, 5.74) is 0.890. The third kappa shape index (κ3) is 3.00. The first-order valence-electron chi connectivity index (χ1n) is 7.84. The van der Waals surface area contributed by atoms with Crippen molar-refractivity contribution in [2.24, 2.45) is 0 Å². The van der Waals surface area contributed by atoms with Gasteiger partial charge in [0.2, 0.25) is 11.9 Å². The lowest BCUT2D eigenvalue weighted by molar-refractivity contribution is -0.120. The molecule has 2 saturated heterocycles. The van der Waals surface area contributed by atoms with Crippen molar-refractivity contribution in [1.82, 2.24) is 15.3 Å². The van der Waals surface area contributed by atoms with Gasteiger partial charge in [-0.1, -0.05) is 6.07 Å². The van der Waals surface area contributed by atoms with Crippen LogP contribution in [0, 0.1) is 0 Å². The molecule has 7 nitrogen and oxygen atoms in total. The number of nitrogens with one attached hydrogen (secondary N) is 2. The summed E-state index contributed by atoms with van der Waals surface area (Å²) in [4.78, 5) is 21.2. The number of hydrogen-bond acceptors (Lipinski definition) is 7. The number of ether oxygens (including phenoxy) is 2. The Morgan fingerprint density at radius 1 is 1.25 bits per heavy atom. The summed E-state index contributed by atoms with van der Waals surface area (Å²) >= 11 is 1.64. The van der Waals surface area contributed by atoms with Crippen LogP contribution in [0.4, 0.5) is 5.95 Å². The normalized spacial score (nSPS) is 28.5. The SMILES string of the molecule is CC(=O)NC1COC2C(Nc3nccc(-c4cccs4)n3)COC12. The van der Waals surface area contributed by atoms with E-state index >= 15 is 0 Å². The molecule has 1 amide bonds. The monoisotopic (exact) mass is 346 g/mol. The van der Waals surface area contributed by atoms with Gasteiger partial charge in [0, 0.05) is 13.1 Å². The highest BCUT2D eigenvalue weighted by molar-refractivity contribution is 7.13. The number of amides is 1. The van der Waals surface area contributed by atoms with Crippen molar-refractivity contribution < 1.29 is 14.3 Å². The van der Waals surface area contributed by atoms with Gasteiger partial charge < -0.3 is 20.1 Å². The maximum atomic E-state index is 11.3. The van der Waals surface area contributed by atoms with Gasteiger partial charge in [-0.05, 0) is 17.5 Å². The molecular weight excluding hydrogens is 328 g/mol. The second-order valence-electron chi connectivity index (χ2n) is 5.90. The summed E-state index contributed by atoms with van der Waals surface area (Å²) in [6, 6.07) is 5.79. The van der Waals surface area contributed by atoms with Crippen molar-refractivity contribution >= 4 is 23.2 Å². The van der Waals surface area contributed by atoms with E-state index in [9.17, 15) is 4.79 Å². The number of hydrogen-bond donors (Lipinski definition) is 2. The average molecular weight is 346 g/mol. The molecule has 0 spiro atoms. The van der Waals surface area contributed by atoms with E-state index in [0.29, 0.717) is 19.2 Å². The number of thiophene rings is 1. The van der Waals surface area contributed by atoms with Gasteiger partial charge in [-0.2, -0.15) is 0 Å². The fraction of sp³-hybridized carbons (Fsp3) is 0.438. The van der Waals surface area contributed by atoms with E-state index < -0.39 is 0 Å². The molecule has 0 aliphatic carbocycles. The average Bonchev–Trinajstić information content (AvgIpc) is 3.28. The van der Waals surface area contributed by atoms with Gasteiger partial charge >= 0.3 is 0 Å². The molecule has 2 N–H and O–H groups in total. The predicted molar refractivity (Wildman–Crippen MR) is 89.8 cm³/mol. The zero-order valence-corrected chi connectivity index (χ0v) is 14.0. The molecule has 2 aliphatic rings. The Morgan fingerprint density at radius 3 is 2.79 bits per heavy atom. The molecule has 2 fully saturated rings. The summed E-state index contributed by atoms with van der Waals surface area (Å²) in [7, 11) is 0. The Bertz CT molecular complexity index is 724. The molecule has 4 unspecified atom stereocenters. The number of anilines is 1. The zero-order valence-electron chi connectivity index (χ0n) is 13.1. The molecule has 8 heteroatoms. The van der Waals surface area contributed by atoms with Gasteiger partial charge in [-0.25, -0.2) is 9.97 Å². The van der Waals surface area contributed by atoms with E-state index in [1.165, 1.54) is 6.92 Å². The molecule has 2 aliphatic heterocycles. The topological polar surface area (TPSA) is 85.4 Å². The van der Waals surface area contributed by atoms with Crippen LogP contribution in [0.5, 0.6) is 0 Å². The second-order valence-corrected chi connectivity index (χ2v) is 6.84. The summed E-state index contributed by atoms with van der Waals surface area (Å²) in [6.45, 7) is 2.46. The first kappa shape index (κ1) is 15.5. The van der Waals surface area contributed by atoms with E-state index in [-0.39, 0.29) is 30.2 Å². The highest BCUT2D eigenvalue weighted by Gasteiger charge is 2.48. The fourth-order valence-corrected chi connectivity index (χ4v) is 3.86. The molecule has 0 bridgehead atoms. The lowest BCUT2D eigenvalue weighted by Gasteiger charge is -2.18. The number of aromatic nitrogens is 2. The number of carbonyl (C=O) groups excluding carboxylic acids is 1. The Balaban J connectivity index is 1.45. The molecule has 0 saturated carbocycles. The smallest absolute Gasteiger partial charge is 0.223 e. The highest BCUT2D eigenvalue weighted by atomic mass is 32.1. The van der Waals surface area contributed by atoms with Crippen LogP contribution in [0.25, 0.3) is 10.6 Å². The lowest BCUT2D eigenvalue weighted by Crippen LogP contribution is -2.44. The predicted octanol–water partition coefficient (Wildman–Crippen LogP) is 1.29. The maximum absolute atomic E-state index is 11.3. The van der Waals surface area contributed by atoms with Gasteiger partial charge in [0.05, 0.1) is 35.9 Å². The Morgan fingerprint density at radius 2 is 2.04 bits per heavy atom. The highest BCUT2D eigenvalue weighted by Crippen LogP contribution is 2.29. The van der Waals surface area contributed by atoms with Crippen LogP contribution < -0.4 is 10.6 Å². The van der Waals surface area contributed by atoms with E-state index in [4.69, 9.17) is 9.47 Å². The van der Waals surface area contributed by atoms with Crippen molar-refractivity contribution in [3.8, 4) is 10.6 Å². The van der Waals surface area contributed by atoms with Crippen molar-refractivity contribution in [1.29, 1.82) is 0 Å². The first-order chi connectivity index (χ1) is 11.7. The van der Waals surface area contributed by atoms with Crippen LogP contribution in [0.2, 0.25) is 0 Å². The first-order valence-corrected chi connectivity index (χ1v) is 8.72. The Kier molecular flexibility index (Phi) is 4.17. The molecule has 0 radical (unpaired) electrons. The van der Waals surface area contributed by atoms with Crippen LogP contribution >= 0.6 is 11.3 Å². The molecule has 2 aromatic heterocycles. The van der Waals surface area contributed by atoms with Gasteiger partial charge in [0.1, 0.15) is 12.2 Å². The summed E-state index contributed by atoms with van der Waals surface area (Å²) in [5, 5.41) is 8.21. The molecule has 126 valence electrons. The minimum atomic E-state index is -0.133. The third-order valence-electron chi connectivity index (χ3n) is 4.19. The number of fused-ring (bicyclic) bond motifs is 1. The van der Waals surface area contributed by atoms with E-state index in [0.717, 1.165) is 10.6 Å². The van der Waals surface area contributed by atoms with E-state index in [1.807, 2.05) is 23.6 Å². The summed E-state index contributed by atoms with van der Waals surface area (Å²) in [6.07, 6.45) is 1.50. The number of carbonyl (C=O) groups is 1. The minimum Gasteiger partial charge on any atom is -0.371 e. The molecule has 4 atom stereocenters. The maximum Gasteiger partial charge on any atom is 0.223 e. The third-order valence-corrected chi connectivity index (χ3v) is 5.08. The van der Waals surface area contributed by atoms with Crippen LogP contribution in [0.15, 0.2) is 29.8 Å². The van der Waals surface area contributed by atoms with Crippen LogP contribution in [0.3, 0.4) is 0 Å². The molecule has 0 aromatic carbocycles. The van der Waals surface area contributed by atoms with Crippen molar-refractivity contribution in [2.45, 2.75) is 31.2 Å². The van der Waals surface area contributed by atoms with Crippen molar-refractivity contribution in [3.05, 3.63) is 29.8 Å². The van der Waals surface area contributed by atoms with Gasteiger partial charge in [0.15, 0.2) is 0 Å². The van der Waals surface area contributed by atoms with Gasteiger partial charge in [-0.3, -0.25) is 4.79 Å². The lowest BCUT2D eigenvalue weighted by atomic mass is 10.1. The fourth-order valence-electron chi connectivity index (χ4n) is 3.16. The molecule has 4 heterocycles. The Hall–Kier alpha value is -2.03. The molecule has 2 aromatic rings. The van der Waals surface area contributed by atoms with E-state index in [2.05, 4.69) is 20.6 Å². The second kappa shape index (κ2) is 6.46. The van der Waals surface area contributed by atoms with E-state index in [1.54, 1.807) is 17.5 Å². The van der Waals surface area contributed by atoms with Crippen molar-refractivity contribution in [3.63, 3.8) is 0 Å². The molecule has 4 rings (SSSR count). The standard InChI is InChI=1S/C16H18N4O3S/c1-9(21)18-11-7-22-15-12(8-23-14(11)15)20-16-17-5-4-10(19-16)13-3-2-6-24-13/h2-6,11-12,14-15H,7-8H2,1H3,(H,18,21)(H,17,19,20). The van der Waals surface area contributed by atoms with Crippen LogP contribution in [0.1, 0.15) is 6.92 Å². The van der Waals surface area contributed by atoms with Crippen LogP contribution in [-0.4, -0.2) is 53.4 Å². The van der Waals surface area contributed by atoms with Crippen molar-refractivity contribution in [2.75, 3.05) is 18.5 Å². The summed E-state index contributed by atoms with van der Waals surface area (Å²) in [5.74, 6) is 0.484. The summed E-state index contributed by atoms with van der Waals surface area (Å²) < 4.78 is 11.6. The van der Waals surface area contributed by atoms with Crippen LogP contribution in [-0.2, 0) is 14.3 Å². The number of nitrogens with zero attached hydrogens (tertiary/aromatic N) is 2. The zero-order chi connectivity index (χ0) is 16.5. The minimum absolute atomic E-state index is 0.0349. The largest absolute Gasteiger partial charge is 0.371 e. The molecular formula is C16H18N4O3S. The Labute approximate surface area is 143 Å².